The first kappa shape index (κ1) is 13.8. The van der Waals surface area contributed by atoms with E-state index in [2.05, 4.69) is 33.4 Å². The molecule has 0 aromatic heterocycles. The summed E-state index contributed by atoms with van der Waals surface area (Å²) < 4.78 is 6.32. The van der Waals surface area contributed by atoms with Crippen LogP contribution in [0.4, 0.5) is 17.1 Å². The minimum atomic E-state index is 0.683. The molecule has 21 heavy (non-hydrogen) atoms. The number of ether oxygens (including phenoxy) is 1. The molecule has 0 heterocycles. The normalized spacial score (nSPS) is 10.6. The van der Waals surface area contributed by atoms with E-state index < -0.39 is 0 Å². The van der Waals surface area contributed by atoms with E-state index in [1.165, 1.54) is 0 Å². The van der Waals surface area contributed by atoms with Gasteiger partial charge in [0.15, 0.2) is 0 Å². The fraction of sp³-hybridized carbons (Fsp3) is 0.0588. The molecule has 3 aromatic carbocycles. The highest BCUT2D eigenvalue weighted by molar-refractivity contribution is 9.10. The number of nitrogen functional groups attached to an aromatic ring is 1. The Hall–Kier alpha value is -2.20. The standard InChI is InChI=1S/C17H15BrN2O/c1-21-11-6-8-15(19)17(10-11)20-16-9-7-14(18)12-4-2-3-5-13(12)16/h2-10,20H,19H2,1H3. The number of methoxy groups -OCH3 is 1. The van der Waals surface area contributed by atoms with Crippen molar-refractivity contribution in [2.45, 2.75) is 0 Å². The number of benzene rings is 3. The van der Waals surface area contributed by atoms with Crippen molar-refractivity contribution in [1.82, 2.24) is 0 Å². The average Bonchev–Trinajstić information content (AvgIpc) is 2.52. The maximum Gasteiger partial charge on any atom is 0.121 e. The molecule has 0 fully saturated rings. The highest BCUT2D eigenvalue weighted by atomic mass is 79.9. The summed E-state index contributed by atoms with van der Waals surface area (Å²) in [6, 6.07) is 17.9. The Morgan fingerprint density at radius 1 is 0.952 bits per heavy atom. The number of halogens is 1. The van der Waals surface area contributed by atoms with Gasteiger partial charge in [-0.3, -0.25) is 0 Å². The van der Waals surface area contributed by atoms with Gasteiger partial charge in [0.25, 0.3) is 0 Å². The van der Waals surface area contributed by atoms with Gasteiger partial charge in [0.05, 0.1) is 18.5 Å². The Bertz CT molecular complexity index is 802. The summed E-state index contributed by atoms with van der Waals surface area (Å²) in [4.78, 5) is 0. The fourth-order valence-electron chi connectivity index (χ4n) is 2.29. The van der Waals surface area contributed by atoms with E-state index in [4.69, 9.17) is 10.5 Å². The van der Waals surface area contributed by atoms with Crippen LogP contribution in [0.5, 0.6) is 5.75 Å². The van der Waals surface area contributed by atoms with Gasteiger partial charge in [-0.15, -0.1) is 0 Å². The quantitative estimate of drug-likeness (QED) is 0.663. The number of nitrogens with two attached hydrogens (primary N) is 1. The third-order valence-corrected chi connectivity index (χ3v) is 4.09. The van der Waals surface area contributed by atoms with Crippen LogP contribution in [0.3, 0.4) is 0 Å². The van der Waals surface area contributed by atoms with E-state index in [1.807, 2.05) is 42.5 Å². The lowest BCUT2D eigenvalue weighted by atomic mass is 10.1. The molecule has 0 unspecified atom stereocenters. The lowest BCUT2D eigenvalue weighted by Gasteiger charge is -2.14. The third-order valence-electron chi connectivity index (χ3n) is 3.40. The minimum Gasteiger partial charge on any atom is -0.497 e. The first-order valence-corrected chi connectivity index (χ1v) is 7.36. The zero-order valence-corrected chi connectivity index (χ0v) is 13.1. The predicted octanol–water partition coefficient (Wildman–Crippen LogP) is 4.94. The van der Waals surface area contributed by atoms with E-state index >= 15 is 0 Å². The Kier molecular flexibility index (Phi) is 3.71. The predicted molar refractivity (Wildman–Crippen MR) is 92.3 cm³/mol. The van der Waals surface area contributed by atoms with Crippen LogP contribution < -0.4 is 15.8 Å². The summed E-state index contributed by atoms with van der Waals surface area (Å²) in [5.41, 5.74) is 8.56. The van der Waals surface area contributed by atoms with Gasteiger partial charge in [-0.2, -0.15) is 0 Å². The van der Waals surface area contributed by atoms with Crippen LogP contribution in [0.25, 0.3) is 10.8 Å². The average molecular weight is 343 g/mol. The van der Waals surface area contributed by atoms with Gasteiger partial charge in [0.2, 0.25) is 0 Å². The molecule has 0 saturated heterocycles. The van der Waals surface area contributed by atoms with Crippen LogP contribution in [0, 0.1) is 0 Å². The minimum absolute atomic E-state index is 0.683. The fourth-order valence-corrected chi connectivity index (χ4v) is 2.76. The number of hydrogen-bond donors (Lipinski definition) is 2. The summed E-state index contributed by atoms with van der Waals surface area (Å²) >= 11 is 3.58. The molecule has 0 radical (unpaired) electrons. The molecule has 3 N–H and O–H groups in total. The van der Waals surface area contributed by atoms with Gasteiger partial charge in [0.1, 0.15) is 5.75 Å². The lowest BCUT2D eigenvalue weighted by Crippen LogP contribution is -1.98. The van der Waals surface area contributed by atoms with Gasteiger partial charge < -0.3 is 15.8 Å². The molecule has 0 aliphatic rings. The Morgan fingerprint density at radius 2 is 1.71 bits per heavy atom. The molecule has 0 aliphatic heterocycles. The number of nitrogens with one attached hydrogen (secondary N) is 1. The molecule has 106 valence electrons. The van der Waals surface area contributed by atoms with Crippen molar-refractivity contribution in [2.24, 2.45) is 0 Å². The molecule has 3 nitrogen and oxygen atoms in total. The highest BCUT2D eigenvalue weighted by Gasteiger charge is 2.07. The molecular weight excluding hydrogens is 328 g/mol. The number of hydrogen-bond acceptors (Lipinski definition) is 3. The first-order valence-electron chi connectivity index (χ1n) is 6.57. The van der Waals surface area contributed by atoms with Crippen LogP contribution in [0.15, 0.2) is 59.1 Å². The molecule has 0 aliphatic carbocycles. The van der Waals surface area contributed by atoms with E-state index in [-0.39, 0.29) is 0 Å². The van der Waals surface area contributed by atoms with Gasteiger partial charge >= 0.3 is 0 Å². The second kappa shape index (κ2) is 5.66. The monoisotopic (exact) mass is 342 g/mol. The first-order chi connectivity index (χ1) is 10.2. The van der Waals surface area contributed by atoms with Gasteiger partial charge in [-0.25, -0.2) is 0 Å². The van der Waals surface area contributed by atoms with Crippen molar-refractivity contribution in [1.29, 1.82) is 0 Å². The van der Waals surface area contributed by atoms with Crippen LogP contribution in [0.2, 0.25) is 0 Å². The van der Waals surface area contributed by atoms with Crippen LogP contribution in [-0.4, -0.2) is 7.11 Å². The van der Waals surface area contributed by atoms with Crippen molar-refractivity contribution < 1.29 is 4.74 Å². The lowest BCUT2D eigenvalue weighted by molar-refractivity contribution is 0.415. The van der Waals surface area contributed by atoms with Crippen molar-refractivity contribution in [3.05, 3.63) is 59.1 Å². The van der Waals surface area contributed by atoms with Crippen LogP contribution in [0.1, 0.15) is 0 Å². The summed E-state index contributed by atoms with van der Waals surface area (Å²) in [6.07, 6.45) is 0. The largest absolute Gasteiger partial charge is 0.497 e. The maximum absolute atomic E-state index is 6.04. The number of rotatable bonds is 3. The number of fused-ring (bicyclic) bond motifs is 1. The van der Waals surface area contributed by atoms with Crippen molar-refractivity contribution in [2.75, 3.05) is 18.2 Å². The van der Waals surface area contributed by atoms with Crippen LogP contribution in [-0.2, 0) is 0 Å². The van der Waals surface area contributed by atoms with Gasteiger partial charge in [-0.1, -0.05) is 40.2 Å². The third kappa shape index (κ3) is 2.67. The molecular formula is C17H15BrN2O. The van der Waals surface area contributed by atoms with E-state index in [1.54, 1.807) is 7.11 Å². The Morgan fingerprint density at radius 3 is 2.48 bits per heavy atom. The summed E-state index contributed by atoms with van der Waals surface area (Å²) in [7, 11) is 1.64. The van der Waals surface area contributed by atoms with Crippen molar-refractivity contribution in [3.8, 4) is 5.75 Å². The van der Waals surface area contributed by atoms with E-state index in [0.29, 0.717) is 5.69 Å². The number of anilines is 3. The molecule has 0 bridgehead atoms. The Balaban J connectivity index is 2.08. The van der Waals surface area contributed by atoms with E-state index in [9.17, 15) is 0 Å². The molecule has 0 atom stereocenters. The molecule has 3 aromatic rings. The molecule has 0 spiro atoms. The summed E-state index contributed by atoms with van der Waals surface area (Å²) in [5, 5.41) is 5.68. The second-order valence-corrected chi connectivity index (χ2v) is 5.57. The molecule has 0 amide bonds. The highest BCUT2D eigenvalue weighted by Crippen LogP contribution is 2.34. The topological polar surface area (TPSA) is 47.3 Å². The summed E-state index contributed by atoms with van der Waals surface area (Å²) in [5.74, 6) is 0.771. The van der Waals surface area contributed by atoms with Crippen molar-refractivity contribution >= 4 is 43.8 Å². The molecule has 0 saturated carbocycles. The molecule has 3 rings (SSSR count). The Labute approximate surface area is 131 Å². The van der Waals surface area contributed by atoms with E-state index in [0.717, 1.165) is 32.4 Å². The molecule has 4 heteroatoms. The second-order valence-electron chi connectivity index (χ2n) is 4.72. The maximum atomic E-state index is 6.04. The van der Waals surface area contributed by atoms with Gasteiger partial charge in [0, 0.05) is 21.6 Å². The zero-order valence-electron chi connectivity index (χ0n) is 11.6. The van der Waals surface area contributed by atoms with Gasteiger partial charge in [-0.05, 0) is 29.7 Å². The SMILES string of the molecule is COc1ccc(N)c(Nc2ccc(Br)c3ccccc23)c1. The van der Waals surface area contributed by atoms with Crippen molar-refractivity contribution in [3.63, 3.8) is 0 Å². The smallest absolute Gasteiger partial charge is 0.121 e. The van der Waals surface area contributed by atoms with Crippen LogP contribution >= 0.6 is 15.9 Å². The zero-order chi connectivity index (χ0) is 14.8. The summed E-state index contributed by atoms with van der Waals surface area (Å²) in [6.45, 7) is 0.